The molecular weight excluding hydrogens is 418 g/mol. The van der Waals surface area contributed by atoms with Crippen LogP contribution in [-0.2, 0) is 33.3 Å². The van der Waals surface area contributed by atoms with Gasteiger partial charge in [-0.25, -0.2) is 14.4 Å². The van der Waals surface area contributed by atoms with E-state index in [4.69, 9.17) is 18.9 Å². The summed E-state index contributed by atoms with van der Waals surface area (Å²) >= 11 is 0. The number of carbonyl (C=O) groups excluding carboxylic acids is 4. The molecule has 0 aromatic carbocycles. The summed E-state index contributed by atoms with van der Waals surface area (Å²) in [6, 6.07) is 0. The van der Waals surface area contributed by atoms with Crippen molar-refractivity contribution in [2.24, 2.45) is 10.8 Å². The molecule has 32 heavy (non-hydrogen) atoms. The normalized spacial score (nSPS) is 11.2. The van der Waals surface area contributed by atoms with Crippen LogP contribution in [0.5, 0.6) is 0 Å². The van der Waals surface area contributed by atoms with Crippen molar-refractivity contribution in [2.75, 3.05) is 33.0 Å². The summed E-state index contributed by atoms with van der Waals surface area (Å²) in [5.41, 5.74) is -1.82. The predicted molar refractivity (Wildman–Crippen MR) is 119 cm³/mol. The van der Waals surface area contributed by atoms with Crippen LogP contribution in [0.4, 0.5) is 4.79 Å². The first-order chi connectivity index (χ1) is 14.7. The van der Waals surface area contributed by atoms with E-state index in [1.54, 1.807) is 20.8 Å². The minimum atomic E-state index is -1.33. The Morgan fingerprint density at radius 2 is 1.22 bits per heavy atom. The molecule has 1 amide bonds. The molecule has 0 aliphatic heterocycles. The molecule has 0 aliphatic carbocycles. The van der Waals surface area contributed by atoms with E-state index in [2.05, 4.69) is 18.5 Å². The van der Waals surface area contributed by atoms with Crippen molar-refractivity contribution in [1.82, 2.24) is 5.32 Å². The van der Waals surface area contributed by atoms with Crippen LogP contribution >= 0.6 is 0 Å². The second-order valence-corrected chi connectivity index (χ2v) is 8.90. The van der Waals surface area contributed by atoms with Gasteiger partial charge in [0, 0.05) is 17.7 Å². The fourth-order valence-electron chi connectivity index (χ4n) is 2.01. The first-order valence-electron chi connectivity index (χ1n) is 10.5. The smallest absolute Gasteiger partial charge is 0.407 e. The molecule has 0 fully saturated rings. The minimum absolute atomic E-state index is 0.155. The summed E-state index contributed by atoms with van der Waals surface area (Å²) in [7, 11) is 0. The Hall–Kier alpha value is -2.84. The molecule has 0 aromatic rings. The second-order valence-electron chi connectivity index (χ2n) is 8.90. The second kappa shape index (κ2) is 13.5. The number of hydrogen-bond acceptors (Lipinski definition) is 8. The number of rotatable bonds is 13. The molecule has 0 saturated heterocycles. The zero-order valence-electron chi connectivity index (χ0n) is 20.1. The van der Waals surface area contributed by atoms with Crippen LogP contribution in [0.1, 0.15) is 54.4 Å². The highest BCUT2D eigenvalue weighted by molar-refractivity contribution is 5.87. The third-order valence-corrected chi connectivity index (χ3v) is 4.15. The van der Waals surface area contributed by atoms with Crippen molar-refractivity contribution < 1.29 is 38.1 Å². The molecular formula is C23H37NO8. The Bertz CT molecular complexity index is 675. The molecule has 9 nitrogen and oxygen atoms in total. The molecule has 1 N–H and O–H groups in total. The van der Waals surface area contributed by atoms with Crippen LogP contribution in [0.15, 0.2) is 24.3 Å². The van der Waals surface area contributed by atoms with Gasteiger partial charge >= 0.3 is 24.0 Å². The summed E-state index contributed by atoms with van der Waals surface area (Å²) in [4.78, 5) is 48.3. The number of carbonyl (C=O) groups is 4. The number of amides is 1. The van der Waals surface area contributed by atoms with Crippen molar-refractivity contribution in [3.63, 3.8) is 0 Å². The van der Waals surface area contributed by atoms with Gasteiger partial charge in [-0.15, -0.1) is 0 Å². The lowest BCUT2D eigenvalue weighted by atomic mass is 9.91. The van der Waals surface area contributed by atoms with E-state index in [-0.39, 0.29) is 37.6 Å². The number of unbranched alkanes of at least 4 members (excludes halogenated alkanes) is 1. The van der Waals surface area contributed by atoms with Crippen LogP contribution in [0, 0.1) is 10.8 Å². The predicted octanol–water partition coefficient (Wildman–Crippen LogP) is 3.33. The van der Waals surface area contributed by atoms with Gasteiger partial charge in [-0.1, -0.05) is 26.5 Å². The van der Waals surface area contributed by atoms with Gasteiger partial charge < -0.3 is 24.3 Å². The van der Waals surface area contributed by atoms with Gasteiger partial charge in [0.2, 0.25) is 0 Å². The van der Waals surface area contributed by atoms with E-state index in [1.165, 1.54) is 13.8 Å². The third kappa shape index (κ3) is 11.5. The minimum Gasteiger partial charge on any atom is -0.464 e. The van der Waals surface area contributed by atoms with Gasteiger partial charge in [-0.3, -0.25) is 4.79 Å². The van der Waals surface area contributed by atoms with E-state index in [1.807, 2.05) is 6.92 Å². The van der Waals surface area contributed by atoms with Gasteiger partial charge in [-0.05, 0) is 41.0 Å². The molecule has 0 unspecified atom stereocenters. The van der Waals surface area contributed by atoms with E-state index < -0.39 is 34.8 Å². The number of esters is 3. The summed E-state index contributed by atoms with van der Waals surface area (Å²) < 4.78 is 21.2. The lowest BCUT2D eigenvalue weighted by Gasteiger charge is -2.32. The van der Waals surface area contributed by atoms with Crippen LogP contribution in [0.25, 0.3) is 0 Å². The number of nitrogens with one attached hydrogen (secondary N) is 1. The fraction of sp³-hybridized carbons (Fsp3) is 0.652. The standard InChI is InChI=1S/C23H37NO8/c1-9-10-11-24-21(28)32-15-23(12-29-18(25)16(2)3,13-30-19(26)17(4)5)14-31-20(27)22(6,7)8/h2,4,9-15H2,1,3,5-8H3,(H,24,28). The van der Waals surface area contributed by atoms with Crippen molar-refractivity contribution >= 4 is 24.0 Å². The number of alkyl carbamates (subject to hydrolysis) is 1. The lowest BCUT2D eigenvalue weighted by Crippen LogP contribution is -2.45. The maximum atomic E-state index is 12.3. The van der Waals surface area contributed by atoms with Crippen molar-refractivity contribution in [3.8, 4) is 0 Å². The highest BCUT2D eigenvalue weighted by Gasteiger charge is 2.39. The zero-order chi connectivity index (χ0) is 24.9. The molecule has 0 saturated carbocycles. The summed E-state index contributed by atoms with van der Waals surface area (Å²) in [5, 5.41) is 2.60. The maximum absolute atomic E-state index is 12.3. The molecule has 0 atom stereocenters. The van der Waals surface area contributed by atoms with Crippen molar-refractivity contribution in [3.05, 3.63) is 24.3 Å². The van der Waals surface area contributed by atoms with Crippen LogP contribution in [0.3, 0.4) is 0 Å². The Morgan fingerprint density at radius 3 is 1.62 bits per heavy atom. The largest absolute Gasteiger partial charge is 0.464 e. The van der Waals surface area contributed by atoms with Crippen molar-refractivity contribution in [1.29, 1.82) is 0 Å². The monoisotopic (exact) mass is 455 g/mol. The lowest BCUT2D eigenvalue weighted by molar-refractivity contribution is -0.167. The molecule has 9 heteroatoms. The summed E-state index contributed by atoms with van der Waals surface area (Å²) in [6.45, 7) is 16.1. The SMILES string of the molecule is C=C(C)C(=O)OCC(COC(=O)NCCCC)(COC(=O)C(=C)C)COC(=O)C(C)(C)C. The van der Waals surface area contributed by atoms with Gasteiger partial charge in [0.05, 0.1) is 5.41 Å². The van der Waals surface area contributed by atoms with Gasteiger partial charge in [0.1, 0.15) is 31.8 Å². The Morgan fingerprint density at radius 1 is 0.781 bits per heavy atom. The number of hydrogen-bond donors (Lipinski definition) is 1. The van der Waals surface area contributed by atoms with Crippen LogP contribution < -0.4 is 5.32 Å². The van der Waals surface area contributed by atoms with E-state index in [0.717, 1.165) is 12.8 Å². The van der Waals surface area contributed by atoms with E-state index in [0.29, 0.717) is 6.54 Å². The van der Waals surface area contributed by atoms with E-state index >= 15 is 0 Å². The van der Waals surface area contributed by atoms with Gasteiger partial charge in [0.25, 0.3) is 0 Å². The quantitative estimate of drug-likeness (QED) is 0.194. The number of ether oxygens (including phenoxy) is 4. The maximum Gasteiger partial charge on any atom is 0.407 e. The van der Waals surface area contributed by atoms with E-state index in [9.17, 15) is 19.2 Å². The molecule has 0 aliphatic rings. The Balaban J connectivity index is 5.65. The average Bonchev–Trinajstić information content (AvgIpc) is 2.71. The summed E-state index contributed by atoms with van der Waals surface area (Å²) in [5.74, 6) is -1.89. The molecule has 0 aromatic heterocycles. The van der Waals surface area contributed by atoms with Gasteiger partial charge in [-0.2, -0.15) is 0 Å². The highest BCUT2D eigenvalue weighted by atomic mass is 16.6. The molecule has 0 radical (unpaired) electrons. The molecule has 0 spiro atoms. The molecule has 0 heterocycles. The molecule has 182 valence electrons. The molecule has 0 rings (SSSR count). The Kier molecular flexibility index (Phi) is 12.3. The molecule has 0 bridgehead atoms. The van der Waals surface area contributed by atoms with Crippen LogP contribution in [-0.4, -0.2) is 57.0 Å². The first-order valence-corrected chi connectivity index (χ1v) is 10.5. The Labute approximate surface area is 190 Å². The van der Waals surface area contributed by atoms with Crippen molar-refractivity contribution in [2.45, 2.75) is 54.4 Å². The topological polar surface area (TPSA) is 117 Å². The summed E-state index contributed by atoms with van der Waals surface area (Å²) in [6.07, 6.45) is 0.971. The average molecular weight is 456 g/mol. The fourth-order valence-corrected chi connectivity index (χ4v) is 2.01. The van der Waals surface area contributed by atoms with Gasteiger partial charge in [0.15, 0.2) is 0 Å². The zero-order valence-corrected chi connectivity index (χ0v) is 20.1. The van der Waals surface area contributed by atoms with Crippen LogP contribution in [0.2, 0.25) is 0 Å². The third-order valence-electron chi connectivity index (χ3n) is 4.15. The first kappa shape index (κ1) is 29.2. The highest BCUT2D eigenvalue weighted by Crippen LogP contribution is 2.24.